The Labute approximate surface area is 230 Å². The predicted octanol–water partition coefficient (Wildman–Crippen LogP) is 5.88. The van der Waals surface area contributed by atoms with Gasteiger partial charge in [-0.3, -0.25) is 14.4 Å². The van der Waals surface area contributed by atoms with E-state index in [0.29, 0.717) is 11.1 Å². The fourth-order valence-electron chi connectivity index (χ4n) is 5.56. The van der Waals surface area contributed by atoms with E-state index >= 15 is 0 Å². The van der Waals surface area contributed by atoms with Crippen molar-refractivity contribution < 1.29 is 18.8 Å². The van der Waals surface area contributed by atoms with E-state index in [-0.39, 0.29) is 11.3 Å². The summed E-state index contributed by atoms with van der Waals surface area (Å²) in [6, 6.07) is 29.0. The largest absolute Gasteiger partial charge is 0.368 e. The van der Waals surface area contributed by atoms with Crippen LogP contribution in [-0.4, -0.2) is 34.8 Å². The van der Waals surface area contributed by atoms with Crippen LogP contribution in [0.5, 0.6) is 0 Å². The first-order valence-electron chi connectivity index (χ1n) is 12.6. The molecular weight excluding hydrogens is 511 g/mol. The highest BCUT2D eigenvalue weighted by Gasteiger charge is 2.56. The van der Waals surface area contributed by atoms with Crippen molar-refractivity contribution in [2.75, 3.05) is 6.26 Å². The minimum atomic E-state index is -1.12. The summed E-state index contributed by atoms with van der Waals surface area (Å²) in [6.07, 6.45) is 1.96. The van der Waals surface area contributed by atoms with E-state index in [4.69, 9.17) is 5.73 Å². The van der Waals surface area contributed by atoms with Crippen molar-refractivity contribution in [1.29, 1.82) is 0 Å². The van der Waals surface area contributed by atoms with E-state index in [9.17, 15) is 18.8 Å². The van der Waals surface area contributed by atoms with E-state index in [1.54, 1.807) is 23.9 Å². The average molecular weight is 539 g/mol. The van der Waals surface area contributed by atoms with Crippen LogP contribution in [0, 0.1) is 11.7 Å². The van der Waals surface area contributed by atoms with Gasteiger partial charge in [-0.2, -0.15) is 0 Å². The van der Waals surface area contributed by atoms with Crippen molar-refractivity contribution in [2.24, 2.45) is 11.7 Å². The number of Topliss-reactive ketones (excluding diaryl/α,β-unsaturated/α-hetero) is 1. The van der Waals surface area contributed by atoms with Gasteiger partial charge in [0, 0.05) is 21.9 Å². The second-order valence-corrected chi connectivity index (χ2v) is 10.4. The summed E-state index contributed by atoms with van der Waals surface area (Å²) in [6.45, 7) is 0. The Balaban J connectivity index is 1.74. The number of benzene rings is 4. The topological polar surface area (TPSA) is 80.5 Å². The minimum absolute atomic E-state index is 0.189. The Bertz CT molecular complexity index is 1480. The molecule has 4 unspecified atom stereocenters. The number of halogens is 1. The normalized spacial score (nSPS) is 20.5. The van der Waals surface area contributed by atoms with Crippen LogP contribution in [-0.2, 0) is 4.79 Å². The molecule has 4 atom stereocenters. The van der Waals surface area contributed by atoms with E-state index < -0.39 is 41.6 Å². The van der Waals surface area contributed by atoms with E-state index in [1.807, 2.05) is 79.1 Å². The molecule has 1 heterocycles. The maximum atomic E-state index is 14.4. The molecule has 2 amide bonds. The van der Waals surface area contributed by atoms with Crippen LogP contribution >= 0.6 is 11.8 Å². The average Bonchev–Trinajstić information content (AvgIpc) is 3.34. The molecule has 0 aliphatic carbocycles. The third-order valence-electron chi connectivity index (χ3n) is 7.29. The van der Waals surface area contributed by atoms with Crippen molar-refractivity contribution in [2.45, 2.75) is 22.9 Å². The molecule has 2 N–H and O–H groups in total. The number of nitrogens with two attached hydrogens (primary N) is 1. The monoisotopic (exact) mass is 538 g/mol. The lowest BCUT2D eigenvalue weighted by molar-refractivity contribution is -0.122. The van der Waals surface area contributed by atoms with Crippen LogP contribution < -0.4 is 5.73 Å². The van der Waals surface area contributed by atoms with Crippen molar-refractivity contribution in [3.05, 3.63) is 137 Å². The number of rotatable bonds is 7. The van der Waals surface area contributed by atoms with Gasteiger partial charge >= 0.3 is 0 Å². The molecular formula is C32H27FN2O3S. The van der Waals surface area contributed by atoms with Gasteiger partial charge < -0.3 is 10.6 Å². The molecule has 5 nitrogen and oxygen atoms in total. The van der Waals surface area contributed by atoms with Gasteiger partial charge in [-0.15, -0.1) is 11.8 Å². The number of amides is 2. The predicted molar refractivity (Wildman–Crippen MR) is 150 cm³/mol. The summed E-state index contributed by atoms with van der Waals surface area (Å²) in [4.78, 5) is 44.1. The van der Waals surface area contributed by atoms with Gasteiger partial charge in [0.25, 0.3) is 5.91 Å². The van der Waals surface area contributed by atoms with Crippen LogP contribution in [0.3, 0.4) is 0 Å². The zero-order valence-electron chi connectivity index (χ0n) is 21.2. The number of hydrogen-bond donors (Lipinski definition) is 1. The molecule has 1 aliphatic rings. The van der Waals surface area contributed by atoms with Crippen molar-refractivity contribution >= 4 is 29.4 Å². The first-order chi connectivity index (χ1) is 18.9. The van der Waals surface area contributed by atoms with E-state index in [2.05, 4.69) is 0 Å². The number of thioether (sulfide) groups is 1. The van der Waals surface area contributed by atoms with Gasteiger partial charge in [-0.25, -0.2) is 4.39 Å². The second kappa shape index (κ2) is 11.3. The number of carbonyl (C=O) groups excluding carboxylic acids is 3. The maximum absolute atomic E-state index is 14.4. The van der Waals surface area contributed by atoms with Crippen molar-refractivity contribution in [3.8, 4) is 0 Å². The van der Waals surface area contributed by atoms with Gasteiger partial charge in [0.1, 0.15) is 11.9 Å². The number of carbonyl (C=O) groups is 3. The molecule has 0 saturated carbocycles. The molecule has 5 rings (SSSR count). The molecule has 0 spiro atoms. The lowest BCUT2D eigenvalue weighted by atomic mass is 9.76. The van der Waals surface area contributed by atoms with Crippen LogP contribution in [0.4, 0.5) is 4.39 Å². The number of likely N-dealkylation sites (tertiary alicyclic amines) is 1. The number of nitrogens with zero attached hydrogens (tertiary/aromatic N) is 1. The number of ketones is 1. The highest BCUT2D eigenvalue weighted by Crippen LogP contribution is 2.51. The fraction of sp³-hybridized carbons (Fsp3) is 0.156. The van der Waals surface area contributed by atoms with E-state index in [0.717, 1.165) is 10.5 Å². The van der Waals surface area contributed by atoms with Crippen LogP contribution in [0.1, 0.15) is 43.8 Å². The van der Waals surface area contributed by atoms with Crippen molar-refractivity contribution in [1.82, 2.24) is 4.90 Å². The Morgan fingerprint density at radius 3 is 1.82 bits per heavy atom. The third kappa shape index (κ3) is 5.10. The molecule has 196 valence electrons. The maximum Gasteiger partial charge on any atom is 0.255 e. The highest BCUT2D eigenvalue weighted by molar-refractivity contribution is 7.98. The lowest BCUT2D eigenvalue weighted by Gasteiger charge is -2.31. The number of primary amides is 1. The molecule has 1 aliphatic heterocycles. The Morgan fingerprint density at radius 2 is 1.28 bits per heavy atom. The molecule has 0 bridgehead atoms. The first-order valence-corrected chi connectivity index (χ1v) is 13.8. The Kier molecular flexibility index (Phi) is 7.61. The zero-order chi connectivity index (χ0) is 27.5. The Morgan fingerprint density at radius 1 is 0.744 bits per heavy atom. The lowest BCUT2D eigenvalue weighted by Crippen LogP contribution is -2.46. The number of hydrogen-bond acceptors (Lipinski definition) is 4. The van der Waals surface area contributed by atoms with Crippen LogP contribution in [0.25, 0.3) is 0 Å². The SMILES string of the molecule is CSc1ccc(C(=O)C2C(c3ccccc3)C(C(N)=O)N(C(=O)c3ccc(F)cc3)C2c2ccccc2)cc1. The summed E-state index contributed by atoms with van der Waals surface area (Å²) < 4.78 is 13.7. The molecule has 1 fully saturated rings. The highest BCUT2D eigenvalue weighted by atomic mass is 32.2. The summed E-state index contributed by atoms with van der Waals surface area (Å²) in [7, 11) is 0. The summed E-state index contributed by atoms with van der Waals surface area (Å²) in [5.74, 6) is -3.40. The fourth-order valence-corrected chi connectivity index (χ4v) is 5.97. The van der Waals surface area contributed by atoms with E-state index in [1.165, 1.54) is 29.2 Å². The zero-order valence-corrected chi connectivity index (χ0v) is 22.1. The third-order valence-corrected chi connectivity index (χ3v) is 8.03. The summed E-state index contributed by atoms with van der Waals surface area (Å²) >= 11 is 1.57. The Hall–Kier alpha value is -4.23. The first kappa shape index (κ1) is 26.4. The molecule has 7 heteroatoms. The quantitative estimate of drug-likeness (QED) is 0.235. The second-order valence-electron chi connectivity index (χ2n) is 9.48. The van der Waals surface area contributed by atoms with Gasteiger partial charge in [-0.05, 0) is 53.8 Å². The standard InChI is InChI=1S/C32H27FN2O3S/c1-39-25-18-14-22(15-19-25)30(36)27-26(20-8-4-2-5-9-20)29(31(34)37)35(28(27)21-10-6-3-7-11-21)32(38)23-12-16-24(33)17-13-23/h2-19,26-29H,1H3,(H2,34,37). The van der Waals surface area contributed by atoms with Gasteiger partial charge in [0.2, 0.25) is 5.91 Å². The minimum Gasteiger partial charge on any atom is -0.368 e. The van der Waals surface area contributed by atoms with Gasteiger partial charge in [-0.1, -0.05) is 72.8 Å². The smallest absolute Gasteiger partial charge is 0.255 e. The summed E-state index contributed by atoms with van der Waals surface area (Å²) in [5.41, 5.74) is 8.15. The molecule has 0 aromatic heterocycles. The van der Waals surface area contributed by atoms with Crippen molar-refractivity contribution in [3.63, 3.8) is 0 Å². The van der Waals surface area contributed by atoms with Gasteiger partial charge in [0.15, 0.2) is 5.78 Å². The summed E-state index contributed by atoms with van der Waals surface area (Å²) in [5, 5.41) is 0. The molecule has 4 aromatic rings. The molecule has 1 saturated heterocycles. The molecule has 4 aromatic carbocycles. The molecule has 39 heavy (non-hydrogen) atoms. The van der Waals surface area contributed by atoms with Gasteiger partial charge in [0.05, 0.1) is 12.0 Å². The van der Waals surface area contributed by atoms with Crippen LogP contribution in [0.15, 0.2) is 114 Å². The molecule has 0 radical (unpaired) electrons. The van der Waals surface area contributed by atoms with Crippen LogP contribution in [0.2, 0.25) is 0 Å².